The molecule has 2 aromatic rings. The van der Waals surface area contributed by atoms with Gasteiger partial charge in [-0.25, -0.2) is 4.39 Å². The molecule has 0 saturated heterocycles. The molecule has 0 fully saturated rings. The fourth-order valence-electron chi connectivity index (χ4n) is 2.01. The Morgan fingerprint density at radius 1 is 1.16 bits per heavy atom. The predicted molar refractivity (Wildman–Crippen MR) is 92.8 cm³/mol. The number of rotatable bonds is 6. The van der Waals surface area contributed by atoms with E-state index in [0.717, 1.165) is 6.07 Å². The third-order valence-electron chi connectivity index (χ3n) is 3.08. The Hall–Kier alpha value is -2.60. The first-order chi connectivity index (χ1) is 11.9. The summed E-state index contributed by atoms with van der Waals surface area (Å²) < 4.78 is 24.8. The average molecular weight is 366 g/mol. The number of para-hydroxylation sites is 2. The normalized spacial score (nSPS) is 10.2. The highest BCUT2D eigenvalue weighted by Gasteiger charge is 2.15. The molecule has 25 heavy (non-hydrogen) atoms. The van der Waals surface area contributed by atoms with Gasteiger partial charge in [-0.1, -0.05) is 30.7 Å². The monoisotopic (exact) mass is 365 g/mol. The Bertz CT molecular complexity index is 795. The first-order valence-corrected chi connectivity index (χ1v) is 8.02. The molecule has 0 aliphatic heterocycles. The molecule has 0 aromatic heterocycles. The molecule has 0 atom stereocenters. The predicted octanol–water partition coefficient (Wildman–Crippen LogP) is 4.94. The molecule has 7 heteroatoms. The van der Waals surface area contributed by atoms with Crippen LogP contribution >= 0.6 is 11.6 Å². The Morgan fingerprint density at radius 3 is 2.48 bits per heavy atom. The van der Waals surface area contributed by atoms with E-state index < -0.39 is 11.7 Å². The van der Waals surface area contributed by atoms with E-state index in [2.05, 4.69) is 5.32 Å². The van der Waals surface area contributed by atoms with Gasteiger partial charge in [0.2, 0.25) is 5.91 Å². The van der Waals surface area contributed by atoms with Gasteiger partial charge in [-0.15, -0.1) is 0 Å². The molecular formula is C18H17ClFNO4. The van der Waals surface area contributed by atoms with Crippen LogP contribution < -0.4 is 14.8 Å². The third kappa shape index (κ3) is 5.19. The van der Waals surface area contributed by atoms with Crippen molar-refractivity contribution in [2.75, 3.05) is 5.32 Å². The van der Waals surface area contributed by atoms with Gasteiger partial charge in [0.25, 0.3) is 0 Å². The molecule has 2 rings (SSSR count). The van der Waals surface area contributed by atoms with Gasteiger partial charge in [0.15, 0.2) is 11.5 Å². The average Bonchev–Trinajstić information content (AvgIpc) is 2.53. The Kier molecular flexibility index (Phi) is 6.36. The number of esters is 1. The lowest BCUT2D eigenvalue weighted by Crippen LogP contribution is -2.08. The van der Waals surface area contributed by atoms with Crippen LogP contribution in [0.15, 0.2) is 36.4 Å². The topological polar surface area (TPSA) is 64.6 Å². The molecule has 0 aliphatic rings. The molecule has 0 saturated carbocycles. The summed E-state index contributed by atoms with van der Waals surface area (Å²) in [5.41, 5.74) is -0.0626. The number of anilines is 1. The highest BCUT2D eigenvalue weighted by molar-refractivity contribution is 6.32. The summed E-state index contributed by atoms with van der Waals surface area (Å²) >= 11 is 6.01. The van der Waals surface area contributed by atoms with Crippen LogP contribution in [0.25, 0.3) is 0 Å². The van der Waals surface area contributed by atoms with Gasteiger partial charge >= 0.3 is 5.97 Å². The van der Waals surface area contributed by atoms with Crippen molar-refractivity contribution in [2.24, 2.45) is 0 Å². The molecule has 2 aromatic carbocycles. The van der Waals surface area contributed by atoms with Gasteiger partial charge in [0, 0.05) is 19.4 Å². The number of hydrogen-bond donors (Lipinski definition) is 1. The van der Waals surface area contributed by atoms with E-state index in [4.69, 9.17) is 21.1 Å². The highest BCUT2D eigenvalue weighted by atomic mass is 35.5. The van der Waals surface area contributed by atoms with Crippen LogP contribution in [0.3, 0.4) is 0 Å². The van der Waals surface area contributed by atoms with Crippen molar-refractivity contribution in [1.82, 2.24) is 0 Å². The largest absolute Gasteiger partial charge is 0.452 e. The summed E-state index contributed by atoms with van der Waals surface area (Å²) in [6.45, 7) is 3.13. The maximum absolute atomic E-state index is 13.8. The first kappa shape index (κ1) is 18.7. The van der Waals surface area contributed by atoms with E-state index in [0.29, 0.717) is 6.42 Å². The van der Waals surface area contributed by atoms with Crippen LogP contribution in [0.2, 0.25) is 5.02 Å². The standard InChI is InChI=1S/C18H17ClFNO4/c1-3-6-18(23)25-16-8-5-4-7-15(16)24-17-10-14(21-11(2)22)13(20)9-12(17)19/h4-5,7-10H,3,6H2,1-2H3,(H,21,22). The number of benzene rings is 2. The van der Waals surface area contributed by atoms with Crippen LogP contribution in [0, 0.1) is 5.82 Å². The maximum atomic E-state index is 13.8. The van der Waals surface area contributed by atoms with E-state index in [1.807, 2.05) is 6.92 Å². The summed E-state index contributed by atoms with van der Waals surface area (Å²) in [4.78, 5) is 22.9. The SMILES string of the molecule is CCCC(=O)Oc1ccccc1Oc1cc(NC(C)=O)c(F)cc1Cl. The minimum absolute atomic E-state index is 0.0151. The lowest BCUT2D eigenvalue weighted by molar-refractivity contribution is -0.134. The van der Waals surface area contributed by atoms with E-state index in [1.165, 1.54) is 13.0 Å². The number of amides is 1. The van der Waals surface area contributed by atoms with E-state index in [1.54, 1.807) is 24.3 Å². The minimum atomic E-state index is -0.685. The quantitative estimate of drug-likeness (QED) is 0.582. The van der Waals surface area contributed by atoms with Crippen molar-refractivity contribution in [1.29, 1.82) is 0 Å². The van der Waals surface area contributed by atoms with Gasteiger partial charge in [-0.2, -0.15) is 0 Å². The number of ether oxygens (including phenoxy) is 2. The first-order valence-electron chi connectivity index (χ1n) is 7.65. The number of hydrogen-bond acceptors (Lipinski definition) is 4. The molecule has 0 spiro atoms. The zero-order valence-electron chi connectivity index (χ0n) is 13.8. The van der Waals surface area contributed by atoms with Gasteiger partial charge in [-0.3, -0.25) is 9.59 Å². The van der Waals surface area contributed by atoms with E-state index >= 15 is 0 Å². The van der Waals surface area contributed by atoms with Gasteiger partial charge in [0.05, 0.1) is 10.7 Å². The van der Waals surface area contributed by atoms with Crippen LogP contribution in [-0.2, 0) is 9.59 Å². The van der Waals surface area contributed by atoms with Gasteiger partial charge in [-0.05, 0) is 24.6 Å². The molecule has 0 unspecified atom stereocenters. The van der Waals surface area contributed by atoms with Crippen LogP contribution in [0.1, 0.15) is 26.7 Å². The zero-order chi connectivity index (χ0) is 18.4. The molecule has 1 N–H and O–H groups in total. The summed E-state index contributed by atoms with van der Waals surface area (Å²) in [7, 11) is 0. The molecule has 1 amide bonds. The fourth-order valence-corrected chi connectivity index (χ4v) is 2.20. The van der Waals surface area contributed by atoms with Crippen LogP contribution in [0.4, 0.5) is 10.1 Å². The Balaban J connectivity index is 2.30. The van der Waals surface area contributed by atoms with Gasteiger partial charge in [0.1, 0.15) is 11.6 Å². The number of nitrogens with one attached hydrogen (secondary N) is 1. The highest BCUT2D eigenvalue weighted by Crippen LogP contribution is 2.37. The lowest BCUT2D eigenvalue weighted by atomic mass is 10.2. The molecule has 0 bridgehead atoms. The summed E-state index contributed by atoms with van der Waals surface area (Å²) in [5, 5.41) is 2.37. The third-order valence-corrected chi connectivity index (χ3v) is 3.37. The number of carbonyl (C=O) groups is 2. The summed E-state index contributed by atoms with van der Waals surface area (Å²) in [5.74, 6) is -0.915. The maximum Gasteiger partial charge on any atom is 0.311 e. The lowest BCUT2D eigenvalue weighted by Gasteiger charge is -2.13. The second-order valence-electron chi connectivity index (χ2n) is 5.22. The smallest absolute Gasteiger partial charge is 0.311 e. The minimum Gasteiger partial charge on any atom is -0.452 e. The number of halogens is 2. The molecular weight excluding hydrogens is 349 g/mol. The zero-order valence-corrected chi connectivity index (χ0v) is 14.5. The number of carbonyl (C=O) groups excluding carboxylic acids is 2. The van der Waals surface area contributed by atoms with E-state index in [9.17, 15) is 14.0 Å². The van der Waals surface area contributed by atoms with Crippen molar-refractivity contribution in [2.45, 2.75) is 26.7 Å². The van der Waals surface area contributed by atoms with Crippen LogP contribution in [0.5, 0.6) is 17.2 Å². The molecule has 132 valence electrons. The summed E-state index contributed by atoms with van der Waals surface area (Å²) in [6, 6.07) is 8.86. The fraction of sp³-hybridized carbons (Fsp3) is 0.222. The molecule has 0 heterocycles. The van der Waals surface area contributed by atoms with Crippen molar-refractivity contribution in [3.8, 4) is 17.2 Å². The molecule has 0 radical (unpaired) electrons. The van der Waals surface area contributed by atoms with Crippen molar-refractivity contribution < 1.29 is 23.5 Å². The molecule has 5 nitrogen and oxygen atoms in total. The van der Waals surface area contributed by atoms with E-state index in [-0.39, 0.29) is 40.3 Å². The van der Waals surface area contributed by atoms with Crippen molar-refractivity contribution in [3.63, 3.8) is 0 Å². The Labute approximate surface area is 149 Å². The molecule has 0 aliphatic carbocycles. The Morgan fingerprint density at radius 2 is 1.84 bits per heavy atom. The second-order valence-corrected chi connectivity index (χ2v) is 5.62. The van der Waals surface area contributed by atoms with Crippen molar-refractivity contribution in [3.05, 3.63) is 47.2 Å². The van der Waals surface area contributed by atoms with Crippen molar-refractivity contribution >= 4 is 29.2 Å². The van der Waals surface area contributed by atoms with Gasteiger partial charge < -0.3 is 14.8 Å². The summed E-state index contributed by atoms with van der Waals surface area (Å²) in [6.07, 6.45) is 0.935. The van der Waals surface area contributed by atoms with Crippen LogP contribution in [-0.4, -0.2) is 11.9 Å². The second kappa shape index (κ2) is 8.48.